The third-order valence-corrected chi connectivity index (χ3v) is 5.51. The van der Waals surface area contributed by atoms with E-state index in [9.17, 15) is 8.42 Å². The summed E-state index contributed by atoms with van der Waals surface area (Å²) in [5.74, 6) is 0. The first kappa shape index (κ1) is 16.3. The van der Waals surface area contributed by atoms with Gasteiger partial charge in [-0.25, -0.2) is 13.1 Å². The van der Waals surface area contributed by atoms with Crippen molar-refractivity contribution in [3.63, 3.8) is 0 Å². The van der Waals surface area contributed by atoms with Crippen molar-refractivity contribution >= 4 is 15.7 Å². The summed E-state index contributed by atoms with van der Waals surface area (Å²) in [6, 6.07) is 7.67. The van der Waals surface area contributed by atoms with Crippen LogP contribution in [0.3, 0.4) is 0 Å². The number of anilines is 1. The molecule has 6 heteroatoms. The zero-order chi connectivity index (χ0) is 15.3. The smallest absolute Gasteiger partial charge is 0.242 e. The molecule has 0 radical (unpaired) electrons. The minimum absolute atomic E-state index is 0.381. The molecule has 5 nitrogen and oxygen atoms in total. The van der Waals surface area contributed by atoms with Gasteiger partial charge in [0.25, 0.3) is 0 Å². The second-order valence-electron chi connectivity index (χ2n) is 5.39. The molecule has 1 fully saturated rings. The van der Waals surface area contributed by atoms with Crippen LogP contribution in [-0.2, 0) is 10.0 Å². The van der Waals surface area contributed by atoms with Crippen LogP contribution in [0.2, 0.25) is 0 Å². The van der Waals surface area contributed by atoms with Crippen molar-refractivity contribution in [2.75, 3.05) is 24.5 Å². The molecule has 118 valence electrons. The maximum absolute atomic E-state index is 12.4. The van der Waals surface area contributed by atoms with Gasteiger partial charge >= 0.3 is 0 Å². The maximum Gasteiger partial charge on any atom is 0.242 e. The fourth-order valence-electron chi connectivity index (χ4n) is 3.00. The molecule has 3 N–H and O–H groups in total. The SMILES string of the molecule is CCNS(=O)(=O)c1ccccc1N1CCCC1CCCN. The zero-order valence-electron chi connectivity index (χ0n) is 12.6. The van der Waals surface area contributed by atoms with E-state index in [0.29, 0.717) is 24.0 Å². The van der Waals surface area contributed by atoms with Crippen LogP contribution in [0.1, 0.15) is 32.6 Å². The van der Waals surface area contributed by atoms with Crippen LogP contribution in [0.5, 0.6) is 0 Å². The molecule has 1 unspecified atom stereocenters. The number of sulfonamides is 1. The standard InChI is InChI=1S/C15H25N3O2S/c1-2-17-21(19,20)15-10-4-3-9-14(15)18-12-6-8-13(18)7-5-11-16/h3-4,9-10,13,17H,2,5-8,11-12,16H2,1H3. The Kier molecular flexibility index (Phi) is 5.61. The maximum atomic E-state index is 12.4. The molecule has 1 aromatic carbocycles. The molecule has 1 aromatic rings. The van der Waals surface area contributed by atoms with Gasteiger partial charge in [-0.1, -0.05) is 19.1 Å². The molecule has 0 amide bonds. The van der Waals surface area contributed by atoms with Crippen molar-refractivity contribution < 1.29 is 8.42 Å². The molecule has 1 aliphatic heterocycles. The Balaban J connectivity index is 2.31. The zero-order valence-corrected chi connectivity index (χ0v) is 13.4. The van der Waals surface area contributed by atoms with Crippen molar-refractivity contribution in [1.29, 1.82) is 0 Å². The summed E-state index contributed by atoms with van der Waals surface area (Å²) in [6.45, 7) is 3.78. The summed E-state index contributed by atoms with van der Waals surface area (Å²) < 4.78 is 27.3. The molecule has 21 heavy (non-hydrogen) atoms. The molecular weight excluding hydrogens is 286 g/mol. The number of rotatable bonds is 7. The van der Waals surface area contributed by atoms with Crippen LogP contribution in [0.25, 0.3) is 0 Å². The fraction of sp³-hybridized carbons (Fsp3) is 0.600. The lowest BCUT2D eigenvalue weighted by Gasteiger charge is -2.28. The normalized spacial score (nSPS) is 19.1. The van der Waals surface area contributed by atoms with Gasteiger partial charge in [-0.3, -0.25) is 0 Å². The highest BCUT2D eigenvalue weighted by atomic mass is 32.2. The highest BCUT2D eigenvalue weighted by Crippen LogP contribution is 2.32. The van der Waals surface area contributed by atoms with Crippen molar-refractivity contribution in [3.8, 4) is 0 Å². The molecule has 1 saturated heterocycles. The number of hydrogen-bond acceptors (Lipinski definition) is 4. The predicted molar refractivity (Wildman–Crippen MR) is 86.0 cm³/mol. The van der Waals surface area contributed by atoms with E-state index in [-0.39, 0.29) is 0 Å². The molecule has 1 aliphatic rings. The lowest BCUT2D eigenvalue weighted by Crippen LogP contribution is -2.32. The largest absolute Gasteiger partial charge is 0.367 e. The van der Waals surface area contributed by atoms with Crippen molar-refractivity contribution in [2.45, 2.75) is 43.5 Å². The Labute approximate surface area is 127 Å². The van der Waals surface area contributed by atoms with Crippen LogP contribution in [0, 0.1) is 0 Å². The third-order valence-electron chi connectivity index (χ3n) is 3.92. The van der Waals surface area contributed by atoms with Crippen LogP contribution >= 0.6 is 0 Å². The van der Waals surface area contributed by atoms with Crippen LogP contribution in [0.4, 0.5) is 5.69 Å². The summed E-state index contributed by atoms with van der Waals surface area (Å²) in [4.78, 5) is 2.62. The van der Waals surface area contributed by atoms with Gasteiger partial charge in [0.05, 0.1) is 5.69 Å². The first-order valence-electron chi connectivity index (χ1n) is 7.65. The van der Waals surface area contributed by atoms with E-state index in [1.165, 1.54) is 0 Å². The van der Waals surface area contributed by atoms with Gasteiger partial charge in [-0.05, 0) is 44.4 Å². The quantitative estimate of drug-likeness (QED) is 0.803. The predicted octanol–water partition coefficient (Wildman–Crippen LogP) is 1.69. The van der Waals surface area contributed by atoms with Gasteiger partial charge in [0.15, 0.2) is 0 Å². The molecule has 1 atom stereocenters. The summed E-state index contributed by atoms with van der Waals surface area (Å²) in [5.41, 5.74) is 6.42. The second-order valence-corrected chi connectivity index (χ2v) is 7.12. The van der Waals surface area contributed by atoms with Crippen molar-refractivity contribution in [2.24, 2.45) is 5.73 Å². The van der Waals surface area contributed by atoms with Gasteiger partial charge in [-0.15, -0.1) is 0 Å². The Morgan fingerprint density at radius 2 is 2.14 bits per heavy atom. The first-order valence-corrected chi connectivity index (χ1v) is 9.14. The highest BCUT2D eigenvalue weighted by Gasteiger charge is 2.28. The lowest BCUT2D eigenvalue weighted by atomic mass is 10.1. The fourth-order valence-corrected chi connectivity index (χ4v) is 4.25. The van der Waals surface area contributed by atoms with E-state index in [0.717, 1.165) is 37.9 Å². The van der Waals surface area contributed by atoms with Gasteiger partial charge in [0.1, 0.15) is 4.90 Å². The Bertz CT molecular complexity index is 560. The molecule has 0 spiro atoms. The van der Waals surface area contributed by atoms with Gasteiger partial charge < -0.3 is 10.6 Å². The van der Waals surface area contributed by atoms with Gasteiger partial charge in [-0.2, -0.15) is 0 Å². The minimum Gasteiger partial charge on any atom is -0.367 e. The van der Waals surface area contributed by atoms with Crippen molar-refractivity contribution in [1.82, 2.24) is 4.72 Å². The summed E-state index contributed by atoms with van der Waals surface area (Å²) >= 11 is 0. The average Bonchev–Trinajstić information content (AvgIpc) is 2.93. The van der Waals surface area contributed by atoms with E-state index in [1.807, 2.05) is 12.1 Å². The molecule has 1 heterocycles. The Hall–Kier alpha value is -1.11. The van der Waals surface area contributed by atoms with Gasteiger partial charge in [0.2, 0.25) is 10.0 Å². The molecule has 0 aromatic heterocycles. The number of para-hydroxylation sites is 1. The summed E-state index contributed by atoms with van der Waals surface area (Å²) in [6.07, 6.45) is 4.20. The third kappa shape index (κ3) is 3.75. The second kappa shape index (κ2) is 7.24. The molecular formula is C15H25N3O2S. The molecule has 0 bridgehead atoms. The monoisotopic (exact) mass is 311 g/mol. The Morgan fingerprint density at radius 1 is 1.38 bits per heavy atom. The average molecular weight is 311 g/mol. The molecule has 2 rings (SSSR count). The van der Waals surface area contributed by atoms with E-state index in [1.54, 1.807) is 19.1 Å². The Morgan fingerprint density at radius 3 is 2.86 bits per heavy atom. The van der Waals surface area contributed by atoms with E-state index in [4.69, 9.17) is 5.73 Å². The van der Waals surface area contributed by atoms with Crippen LogP contribution < -0.4 is 15.4 Å². The number of benzene rings is 1. The van der Waals surface area contributed by atoms with Crippen molar-refractivity contribution in [3.05, 3.63) is 24.3 Å². The number of hydrogen-bond donors (Lipinski definition) is 2. The van der Waals surface area contributed by atoms with E-state index < -0.39 is 10.0 Å². The highest BCUT2D eigenvalue weighted by molar-refractivity contribution is 7.89. The number of nitrogens with zero attached hydrogens (tertiary/aromatic N) is 1. The van der Waals surface area contributed by atoms with E-state index >= 15 is 0 Å². The van der Waals surface area contributed by atoms with E-state index in [2.05, 4.69) is 9.62 Å². The minimum atomic E-state index is -3.44. The lowest BCUT2D eigenvalue weighted by molar-refractivity contribution is 0.574. The summed E-state index contributed by atoms with van der Waals surface area (Å²) in [7, 11) is -3.44. The van der Waals surface area contributed by atoms with Crippen LogP contribution in [-0.4, -0.2) is 34.1 Å². The van der Waals surface area contributed by atoms with Crippen LogP contribution in [0.15, 0.2) is 29.2 Å². The number of nitrogens with one attached hydrogen (secondary N) is 1. The number of nitrogens with two attached hydrogens (primary N) is 1. The topological polar surface area (TPSA) is 75.4 Å². The first-order chi connectivity index (χ1) is 10.1. The molecule has 0 saturated carbocycles. The molecule has 0 aliphatic carbocycles. The summed E-state index contributed by atoms with van der Waals surface area (Å²) in [5, 5.41) is 0. The van der Waals surface area contributed by atoms with Gasteiger partial charge in [0, 0.05) is 19.1 Å².